The summed E-state index contributed by atoms with van der Waals surface area (Å²) < 4.78 is 61.1. The van der Waals surface area contributed by atoms with Crippen LogP contribution in [0.2, 0.25) is 0 Å². The Kier molecular flexibility index (Phi) is 73.6. The molecular formula is C85H144O16P2. The normalized spacial score (nSPS) is 14.7. The molecule has 0 heterocycles. The Labute approximate surface area is 626 Å². The van der Waals surface area contributed by atoms with E-state index in [4.69, 9.17) is 32.3 Å². The number of esters is 3. The van der Waals surface area contributed by atoms with Crippen molar-refractivity contribution >= 4 is 33.6 Å². The van der Waals surface area contributed by atoms with Crippen LogP contribution in [0.5, 0.6) is 0 Å². The Bertz CT molecular complexity index is 2450. The maximum Gasteiger partial charge on any atom is 0.472 e. The first-order valence-electron chi connectivity index (χ1n) is 40.1. The van der Waals surface area contributed by atoms with Crippen molar-refractivity contribution in [3.63, 3.8) is 0 Å². The molecule has 4 N–H and O–H groups in total. The summed E-state index contributed by atoms with van der Waals surface area (Å²) in [5.41, 5.74) is 0. The molecule has 0 aromatic heterocycles. The van der Waals surface area contributed by atoms with E-state index in [1.54, 1.807) is 0 Å². The molecule has 0 aliphatic heterocycles. The van der Waals surface area contributed by atoms with Gasteiger partial charge in [0, 0.05) is 19.3 Å². The summed E-state index contributed by atoms with van der Waals surface area (Å²) in [6.07, 6.45) is 94.7. The lowest BCUT2D eigenvalue weighted by molar-refractivity contribution is -0.161. The predicted octanol–water partition coefficient (Wildman–Crippen LogP) is 23.7. The van der Waals surface area contributed by atoms with E-state index in [9.17, 15) is 43.5 Å². The lowest BCUT2D eigenvalue weighted by Gasteiger charge is -2.21. The zero-order valence-electron chi connectivity index (χ0n) is 64.4. The van der Waals surface area contributed by atoms with Crippen LogP contribution in [0, 0.1) is 0 Å². The summed E-state index contributed by atoms with van der Waals surface area (Å²) in [5.74, 6) is -1.59. The number of allylic oxidation sites excluding steroid dienone is 24. The first-order valence-corrected chi connectivity index (χ1v) is 43.1. The summed E-state index contributed by atoms with van der Waals surface area (Å²) in [6, 6.07) is 0. The van der Waals surface area contributed by atoms with E-state index in [2.05, 4.69) is 167 Å². The fraction of sp³-hybridized carbons (Fsp3) is 0.682. The van der Waals surface area contributed by atoms with Gasteiger partial charge in [-0.05, 0) is 141 Å². The Hall–Kier alpha value is -4.57. The first kappa shape index (κ1) is 98.4. The third-order valence-electron chi connectivity index (χ3n) is 16.5. The SMILES string of the molecule is CC/C=C\C/C=C\C/C=C\C/C=C\C/C=C\C/C=C\CCCCCCCCCCCCC(=O)OCC(O)COP(=O)(O)OCC(O)COP(=O)(O)OCC(COC(=O)CCCCCCCCCCC/C=C\C/C=C\C/C=C\C/C=C\C/C=C\CC)OC(=O)CCCCCCC/C=C\CCCCCC. The number of carbonyl (C=O) groups is 3. The van der Waals surface area contributed by atoms with Crippen molar-refractivity contribution in [1.29, 1.82) is 0 Å². The van der Waals surface area contributed by atoms with E-state index in [0.717, 1.165) is 173 Å². The zero-order chi connectivity index (χ0) is 75.2. The number of unbranched alkanes of at least 4 members (excludes halogenated alkanes) is 28. The van der Waals surface area contributed by atoms with Crippen molar-refractivity contribution in [2.75, 3.05) is 39.6 Å². The van der Waals surface area contributed by atoms with Crippen molar-refractivity contribution < 1.29 is 75.8 Å². The van der Waals surface area contributed by atoms with Gasteiger partial charge in [-0.1, -0.05) is 301 Å². The molecule has 0 aliphatic rings. The molecule has 0 fully saturated rings. The molecule has 5 atom stereocenters. The second-order valence-corrected chi connectivity index (χ2v) is 29.4. The molecule has 16 nitrogen and oxygen atoms in total. The van der Waals surface area contributed by atoms with Crippen LogP contribution in [0.4, 0.5) is 0 Å². The number of phosphoric acid groups is 2. The molecule has 0 aromatic rings. The van der Waals surface area contributed by atoms with Gasteiger partial charge in [-0.2, -0.15) is 0 Å². The van der Waals surface area contributed by atoms with E-state index in [-0.39, 0.29) is 19.3 Å². The van der Waals surface area contributed by atoms with Gasteiger partial charge in [-0.3, -0.25) is 32.5 Å². The van der Waals surface area contributed by atoms with E-state index in [1.807, 2.05) is 0 Å². The average molecular weight is 1480 g/mol. The number of phosphoric ester groups is 2. The van der Waals surface area contributed by atoms with Gasteiger partial charge in [0.05, 0.1) is 26.4 Å². The number of hydrogen-bond donors (Lipinski definition) is 4. The van der Waals surface area contributed by atoms with Crippen molar-refractivity contribution in [2.45, 2.75) is 334 Å². The highest BCUT2D eigenvalue weighted by Crippen LogP contribution is 2.45. The van der Waals surface area contributed by atoms with Gasteiger partial charge in [0.15, 0.2) is 6.10 Å². The van der Waals surface area contributed by atoms with Crippen LogP contribution in [0.1, 0.15) is 316 Å². The lowest BCUT2D eigenvalue weighted by atomic mass is 10.1. The van der Waals surface area contributed by atoms with E-state index >= 15 is 0 Å². The minimum atomic E-state index is -4.94. The van der Waals surface area contributed by atoms with Crippen LogP contribution >= 0.6 is 15.6 Å². The Morgan fingerprint density at radius 2 is 0.515 bits per heavy atom. The summed E-state index contributed by atoms with van der Waals surface area (Å²) in [4.78, 5) is 58.6. The monoisotopic (exact) mass is 1480 g/mol. The van der Waals surface area contributed by atoms with Crippen LogP contribution in [-0.2, 0) is 55.8 Å². The van der Waals surface area contributed by atoms with Crippen molar-refractivity contribution in [1.82, 2.24) is 0 Å². The highest BCUT2D eigenvalue weighted by molar-refractivity contribution is 7.47. The molecule has 0 radical (unpaired) electrons. The number of ether oxygens (including phenoxy) is 3. The summed E-state index contributed by atoms with van der Waals surface area (Å²) in [5, 5.41) is 20.6. The highest BCUT2D eigenvalue weighted by atomic mass is 31.2. The third kappa shape index (κ3) is 78.3. The van der Waals surface area contributed by atoms with Gasteiger partial charge in [-0.15, -0.1) is 0 Å². The van der Waals surface area contributed by atoms with Crippen LogP contribution < -0.4 is 0 Å². The lowest BCUT2D eigenvalue weighted by Crippen LogP contribution is -2.30. The minimum absolute atomic E-state index is 0.0906. The summed E-state index contributed by atoms with van der Waals surface area (Å²) in [6.45, 7) is 2.42. The van der Waals surface area contributed by atoms with Crippen LogP contribution in [0.25, 0.3) is 0 Å². The van der Waals surface area contributed by atoms with Crippen molar-refractivity contribution in [3.05, 3.63) is 146 Å². The molecule has 0 saturated heterocycles. The van der Waals surface area contributed by atoms with Gasteiger partial charge in [-0.25, -0.2) is 9.13 Å². The van der Waals surface area contributed by atoms with E-state index < -0.39 is 91.5 Å². The maximum atomic E-state index is 13.0. The molecular weight excluding hydrogens is 1340 g/mol. The van der Waals surface area contributed by atoms with Gasteiger partial charge in [0.1, 0.15) is 25.4 Å². The number of aliphatic hydroxyl groups excluding tert-OH is 2. The third-order valence-corrected chi connectivity index (χ3v) is 18.4. The average Bonchev–Trinajstić information content (AvgIpc) is 0.923. The fourth-order valence-corrected chi connectivity index (χ4v) is 12.1. The molecule has 18 heteroatoms. The second-order valence-electron chi connectivity index (χ2n) is 26.5. The Morgan fingerprint density at radius 3 is 0.825 bits per heavy atom. The second kappa shape index (κ2) is 77.1. The molecule has 103 heavy (non-hydrogen) atoms. The van der Waals surface area contributed by atoms with E-state index in [1.165, 1.54) is 83.5 Å². The fourth-order valence-electron chi connectivity index (χ4n) is 10.5. The number of aliphatic hydroxyl groups is 2. The van der Waals surface area contributed by atoms with Crippen LogP contribution in [-0.4, -0.2) is 95.9 Å². The molecule has 0 amide bonds. The molecule has 0 bridgehead atoms. The summed E-state index contributed by atoms with van der Waals surface area (Å²) >= 11 is 0. The largest absolute Gasteiger partial charge is 0.472 e. The summed E-state index contributed by atoms with van der Waals surface area (Å²) in [7, 11) is -9.80. The molecule has 590 valence electrons. The molecule has 5 unspecified atom stereocenters. The predicted molar refractivity (Wildman–Crippen MR) is 426 cm³/mol. The Morgan fingerprint density at radius 1 is 0.282 bits per heavy atom. The zero-order valence-corrected chi connectivity index (χ0v) is 66.2. The highest BCUT2D eigenvalue weighted by Gasteiger charge is 2.29. The molecule has 0 aromatic carbocycles. The minimum Gasteiger partial charge on any atom is -0.463 e. The molecule has 0 rings (SSSR count). The van der Waals surface area contributed by atoms with Gasteiger partial charge >= 0.3 is 33.6 Å². The van der Waals surface area contributed by atoms with Crippen molar-refractivity contribution in [3.8, 4) is 0 Å². The number of rotatable bonds is 75. The van der Waals surface area contributed by atoms with E-state index in [0.29, 0.717) is 19.3 Å². The first-order chi connectivity index (χ1) is 50.2. The van der Waals surface area contributed by atoms with Crippen molar-refractivity contribution in [2.24, 2.45) is 0 Å². The molecule has 0 aliphatic carbocycles. The van der Waals surface area contributed by atoms with Gasteiger partial charge in [0.25, 0.3) is 0 Å². The van der Waals surface area contributed by atoms with Gasteiger partial charge < -0.3 is 34.2 Å². The van der Waals surface area contributed by atoms with Crippen LogP contribution in [0.3, 0.4) is 0 Å². The standard InChI is InChI=1S/C85H144O16P2/c1-4-7-10-13-16-19-22-25-27-29-31-33-35-37-38-39-40-42-44-45-47-49-51-54-56-59-62-65-68-71-83(88)95-74-80(86)75-97-102(91,92)98-76-81(87)77-99-103(93,94)100-79-82(101-85(90)73-70-67-64-61-58-53-24-21-18-15-12-9-6-3)78-96-84(89)72-69-66-63-60-57-55-52-50-48-46-43-41-36-34-32-30-28-26-23-20-17-14-11-8-5-2/h7-8,10-11,16-17,19-21,24-28,31-34,37-38,40-43,80-82,86-87H,4-6,9,12-15,18,22-23,29-30,35-36,39,44-79H2,1-3H3,(H,91,92)(H,93,94)/b10-7-,11-8-,19-16-,20-17-,24-21-,27-25-,28-26-,33-31-,34-32-,38-37-,42-40-,43-41-. The smallest absolute Gasteiger partial charge is 0.463 e. The topological polar surface area (TPSA) is 231 Å². The van der Waals surface area contributed by atoms with Gasteiger partial charge in [0.2, 0.25) is 0 Å². The number of carbonyl (C=O) groups excluding carboxylic acids is 3. The van der Waals surface area contributed by atoms with Crippen LogP contribution in [0.15, 0.2) is 146 Å². The maximum absolute atomic E-state index is 13.0. The number of hydrogen-bond acceptors (Lipinski definition) is 14. The molecule has 0 spiro atoms. The quantitative estimate of drug-likeness (QED) is 0.0146. The molecule has 0 saturated carbocycles. The Balaban J connectivity index is 4.52.